The standard InChI is InChI=1S/C16H28N4O/c1-2-7-19-12-18-11-15(19)14(10-17)20-8-9-21-16-6-4-3-5-13(16)20/h11-14,16H,2-10,17H2,1H3. The van der Waals surface area contributed by atoms with Crippen LogP contribution >= 0.6 is 0 Å². The molecule has 2 aliphatic rings. The van der Waals surface area contributed by atoms with Crippen LogP contribution in [0.4, 0.5) is 0 Å². The van der Waals surface area contributed by atoms with Gasteiger partial charge in [-0.1, -0.05) is 19.8 Å². The normalized spacial score (nSPS) is 28.3. The number of aromatic nitrogens is 2. The Bertz CT molecular complexity index is 445. The minimum absolute atomic E-state index is 0.272. The van der Waals surface area contributed by atoms with Crippen LogP contribution in [0.2, 0.25) is 0 Å². The summed E-state index contributed by atoms with van der Waals surface area (Å²) in [7, 11) is 0. The van der Waals surface area contributed by atoms with E-state index in [0.717, 1.165) is 26.1 Å². The molecule has 21 heavy (non-hydrogen) atoms. The van der Waals surface area contributed by atoms with Crippen LogP contribution in [0.3, 0.4) is 0 Å². The molecule has 1 aliphatic heterocycles. The molecule has 1 aromatic heterocycles. The third kappa shape index (κ3) is 3.00. The summed E-state index contributed by atoms with van der Waals surface area (Å²) >= 11 is 0. The van der Waals surface area contributed by atoms with E-state index in [2.05, 4.69) is 21.4 Å². The second kappa shape index (κ2) is 6.90. The average molecular weight is 292 g/mol. The van der Waals surface area contributed by atoms with Gasteiger partial charge in [0.1, 0.15) is 0 Å². The van der Waals surface area contributed by atoms with Crippen molar-refractivity contribution in [2.45, 2.75) is 63.8 Å². The van der Waals surface area contributed by atoms with Crippen LogP contribution in [0.25, 0.3) is 0 Å². The molecule has 5 heteroatoms. The number of aryl methyl sites for hydroxylation is 1. The van der Waals surface area contributed by atoms with E-state index in [1.165, 1.54) is 31.4 Å². The number of hydrogen-bond donors (Lipinski definition) is 1. The Morgan fingerprint density at radius 2 is 2.29 bits per heavy atom. The molecule has 3 unspecified atom stereocenters. The van der Waals surface area contributed by atoms with Gasteiger partial charge in [-0.05, 0) is 19.3 Å². The van der Waals surface area contributed by atoms with Crippen LogP contribution < -0.4 is 5.73 Å². The van der Waals surface area contributed by atoms with Crippen molar-refractivity contribution in [3.63, 3.8) is 0 Å². The van der Waals surface area contributed by atoms with Gasteiger partial charge in [0, 0.05) is 31.9 Å². The number of hydrogen-bond acceptors (Lipinski definition) is 4. The minimum atomic E-state index is 0.272. The Labute approximate surface area is 127 Å². The summed E-state index contributed by atoms with van der Waals surface area (Å²) in [5, 5.41) is 0. The fraction of sp³-hybridized carbons (Fsp3) is 0.812. The molecule has 0 aromatic carbocycles. The zero-order valence-corrected chi connectivity index (χ0v) is 13.1. The van der Waals surface area contributed by atoms with Crippen LogP contribution in [0.5, 0.6) is 0 Å². The third-order valence-corrected chi connectivity index (χ3v) is 4.95. The van der Waals surface area contributed by atoms with E-state index >= 15 is 0 Å². The van der Waals surface area contributed by atoms with Gasteiger partial charge in [-0.2, -0.15) is 0 Å². The van der Waals surface area contributed by atoms with Crippen LogP contribution in [0.1, 0.15) is 50.8 Å². The van der Waals surface area contributed by atoms with E-state index in [9.17, 15) is 0 Å². The topological polar surface area (TPSA) is 56.3 Å². The number of nitrogens with zero attached hydrogens (tertiary/aromatic N) is 3. The molecule has 0 radical (unpaired) electrons. The molecule has 5 nitrogen and oxygen atoms in total. The van der Waals surface area contributed by atoms with Crippen LogP contribution in [0.15, 0.2) is 12.5 Å². The average Bonchev–Trinajstić information content (AvgIpc) is 2.97. The van der Waals surface area contributed by atoms with Crippen molar-refractivity contribution in [1.29, 1.82) is 0 Å². The van der Waals surface area contributed by atoms with Crippen molar-refractivity contribution in [2.75, 3.05) is 19.7 Å². The van der Waals surface area contributed by atoms with Gasteiger partial charge >= 0.3 is 0 Å². The summed E-state index contributed by atoms with van der Waals surface area (Å²) < 4.78 is 8.27. The highest BCUT2D eigenvalue weighted by Crippen LogP contribution is 2.33. The molecule has 1 saturated heterocycles. The van der Waals surface area contributed by atoms with Crippen molar-refractivity contribution < 1.29 is 4.74 Å². The summed E-state index contributed by atoms with van der Waals surface area (Å²) in [5.74, 6) is 0. The van der Waals surface area contributed by atoms with Crippen LogP contribution in [-0.2, 0) is 11.3 Å². The molecular weight excluding hydrogens is 264 g/mol. The highest BCUT2D eigenvalue weighted by atomic mass is 16.5. The first-order valence-electron chi connectivity index (χ1n) is 8.42. The molecule has 2 N–H and O–H groups in total. The molecule has 1 saturated carbocycles. The lowest BCUT2D eigenvalue weighted by molar-refractivity contribution is -0.103. The molecule has 118 valence electrons. The molecule has 2 fully saturated rings. The van der Waals surface area contributed by atoms with E-state index in [1.807, 2.05) is 12.5 Å². The lowest BCUT2D eigenvalue weighted by Gasteiger charge is -2.47. The van der Waals surface area contributed by atoms with E-state index in [-0.39, 0.29) is 6.04 Å². The van der Waals surface area contributed by atoms with Crippen LogP contribution in [-0.4, -0.2) is 46.3 Å². The molecule has 1 aromatic rings. The number of ether oxygens (including phenoxy) is 1. The summed E-state index contributed by atoms with van der Waals surface area (Å²) in [6.07, 6.45) is 10.5. The van der Waals surface area contributed by atoms with Crippen molar-refractivity contribution in [3.8, 4) is 0 Å². The molecule has 0 bridgehead atoms. The Morgan fingerprint density at radius 1 is 1.43 bits per heavy atom. The predicted molar refractivity (Wildman–Crippen MR) is 83.0 cm³/mol. The summed E-state index contributed by atoms with van der Waals surface area (Å²) in [6, 6.07) is 0.805. The molecule has 0 amide bonds. The van der Waals surface area contributed by atoms with Gasteiger partial charge in [0.05, 0.1) is 30.8 Å². The second-order valence-corrected chi connectivity index (χ2v) is 6.26. The first kappa shape index (κ1) is 15.0. The number of rotatable bonds is 5. The number of morpholine rings is 1. The van der Waals surface area contributed by atoms with Gasteiger partial charge in [0.15, 0.2) is 0 Å². The van der Waals surface area contributed by atoms with E-state index in [1.54, 1.807) is 0 Å². The van der Waals surface area contributed by atoms with Gasteiger partial charge in [0.2, 0.25) is 0 Å². The van der Waals surface area contributed by atoms with Crippen molar-refractivity contribution in [1.82, 2.24) is 14.5 Å². The second-order valence-electron chi connectivity index (χ2n) is 6.26. The van der Waals surface area contributed by atoms with E-state index in [4.69, 9.17) is 10.5 Å². The monoisotopic (exact) mass is 292 g/mol. The van der Waals surface area contributed by atoms with Crippen LogP contribution in [0, 0.1) is 0 Å². The summed E-state index contributed by atoms with van der Waals surface area (Å²) in [4.78, 5) is 6.95. The predicted octanol–water partition coefficient (Wildman–Crippen LogP) is 1.94. The highest BCUT2D eigenvalue weighted by molar-refractivity contribution is 5.09. The zero-order valence-electron chi connectivity index (χ0n) is 13.1. The Balaban J connectivity index is 1.82. The number of nitrogens with two attached hydrogens (primary N) is 1. The maximum atomic E-state index is 6.16. The summed E-state index contributed by atoms with van der Waals surface area (Å²) in [6.45, 7) is 5.69. The lowest BCUT2D eigenvalue weighted by atomic mass is 9.89. The van der Waals surface area contributed by atoms with E-state index in [0.29, 0.717) is 18.7 Å². The van der Waals surface area contributed by atoms with Gasteiger partial charge in [-0.25, -0.2) is 4.98 Å². The molecule has 1 aliphatic carbocycles. The zero-order chi connectivity index (χ0) is 14.7. The molecule has 2 heterocycles. The first-order valence-corrected chi connectivity index (χ1v) is 8.42. The quantitative estimate of drug-likeness (QED) is 0.901. The van der Waals surface area contributed by atoms with Gasteiger partial charge < -0.3 is 15.0 Å². The van der Waals surface area contributed by atoms with Gasteiger partial charge in [-0.15, -0.1) is 0 Å². The van der Waals surface area contributed by atoms with E-state index < -0.39 is 0 Å². The molecule has 3 atom stereocenters. The van der Waals surface area contributed by atoms with Gasteiger partial charge in [-0.3, -0.25) is 4.90 Å². The van der Waals surface area contributed by atoms with Crippen molar-refractivity contribution in [2.24, 2.45) is 5.73 Å². The SMILES string of the molecule is CCCn1cncc1C(CN)N1CCOC2CCCCC21. The summed E-state index contributed by atoms with van der Waals surface area (Å²) in [5.41, 5.74) is 7.43. The van der Waals surface area contributed by atoms with Crippen molar-refractivity contribution >= 4 is 0 Å². The minimum Gasteiger partial charge on any atom is -0.375 e. The number of fused-ring (bicyclic) bond motifs is 1. The van der Waals surface area contributed by atoms with Crippen molar-refractivity contribution in [3.05, 3.63) is 18.2 Å². The van der Waals surface area contributed by atoms with Gasteiger partial charge in [0.25, 0.3) is 0 Å². The Kier molecular flexibility index (Phi) is 4.93. The largest absolute Gasteiger partial charge is 0.375 e. The third-order valence-electron chi connectivity index (χ3n) is 4.95. The highest BCUT2D eigenvalue weighted by Gasteiger charge is 2.38. The smallest absolute Gasteiger partial charge is 0.0948 e. The maximum Gasteiger partial charge on any atom is 0.0948 e. The number of imidazole rings is 1. The Morgan fingerprint density at radius 3 is 3.10 bits per heavy atom. The lowest BCUT2D eigenvalue weighted by Crippen LogP contribution is -2.55. The fourth-order valence-corrected chi connectivity index (χ4v) is 3.98. The first-order chi connectivity index (χ1) is 10.3. The molecule has 3 rings (SSSR count). The molecule has 0 spiro atoms. The fourth-order valence-electron chi connectivity index (χ4n) is 3.98. The Hall–Kier alpha value is -0.910. The molecular formula is C16H28N4O. The maximum absolute atomic E-state index is 6.16.